The topological polar surface area (TPSA) is 49.0 Å². The summed E-state index contributed by atoms with van der Waals surface area (Å²) in [5.41, 5.74) is 6.52. The molecule has 216 valence electrons. The zero-order valence-electron chi connectivity index (χ0n) is 24.5. The Morgan fingerprint density at radius 3 is 2.64 bits per heavy atom. The smallest absolute Gasteiger partial charge is 0.197 e. The number of hydrogen-bond donors (Lipinski definition) is 0. The normalized spacial score (nSPS) is 15.3. The van der Waals surface area contributed by atoms with E-state index >= 15 is 0 Å². The molecule has 2 aromatic carbocycles. The van der Waals surface area contributed by atoms with Gasteiger partial charge in [-0.1, -0.05) is 58.0 Å². The fraction of sp³-hybridized carbons (Fsp3) is 0.294. The lowest BCUT2D eigenvalue weighted by Crippen LogP contribution is -2.23. The molecule has 6 rings (SSSR count). The predicted molar refractivity (Wildman–Crippen MR) is 172 cm³/mol. The maximum atomic E-state index is 14.2. The van der Waals surface area contributed by atoms with Crippen LogP contribution in [0, 0.1) is 11.7 Å². The Morgan fingerprint density at radius 2 is 1.90 bits per heavy atom. The first-order valence-corrected chi connectivity index (χ1v) is 16.8. The quantitative estimate of drug-likeness (QED) is 0.0944. The van der Waals surface area contributed by atoms with E-state index in [0.717, 1.165) is 44.6 Å². The van der Waals surface area contributed by atoms with Gasteiger partial charge in [-0.2, -0.15) is 0 Å². The minimum absolute atomic E-state index is 0.0331. The number of carbonyl (C=O) groups excluding carboxylic acids is 1. The van der Waals surface area contributed by atoms with E-state index in [0.29, 0.717) is 24.6 Å². The number of nitrogens with zero attached hydrogens (tertiary/aromatic N) is 3. The number of thioether (sulfide) groups is 1. The summed E-state index contributed by atoms with van der Waals surface area (Å²) in [5, 5.41) is 1.25. The second-order valence-electron chi connectivity index (χ2n) is 12.0. The second kappa shape index (κ2) is 11.7. The van der Waals surface area contributed by atoms with Gasteiger partial charge < -0.3 is 13.6 Å². The van der Waals surface area contributed by atoms with Crippen molar-refractivity contribution >= 4 is 38.2 Å². The molecule has 5 aromatic rings. The Morgan fingerprint density at radius 1 is 1.12 bits per heavy atom. The molecular formula is C34H36FN3O2SSi. The molecule has 1 unspecified atom stereocenters. The van der Waals surface area contributed by atoms with Gasteiger partial charge >= 0.3 is 0 Å². The number of benzene rings is 2. The van der Waals surface area contributed by atoms with E-state index in [2.05, 4.69) is 53.9 Å². The number of halogens is 1. The fourth-order valence-electron chi connectivity index (χ4n) is 5.37. The lowest BCUT2D eigenvalue weighted by Gasteiger charge is -2.28. The number of ketones is 1. The molecule has 0 fully saturated rings. The number of pyridine rings is 1. The van der Waals surface area contributed by atoms with Gasteiger partial charge in [-0.3, -0.25) is 9.78 Å². The standard InChI is InChI=1S/C34H36FN3O2SSi/c1-22(2)34(3,4)42-40-17-16-37-20-29(27-12-9-24(18-30(27)37)23-7-10-26(35)11-8-23)32(39)28-13-15-38-31(28)21-41-33(38)25-6-5-14-36-19-25/h5-15,18-20,22,33H,16-17,21,42H2,1-4H3. The van der Waals surface area contributed by atoms with Crippen molar-refractivity contribution in [2.24, 2.45) is 5.92 Å². The van der Waals surface area contributed by atoms with Crippen LogP contribution >= 0.6 is 11.8 Å². The first kappa shape index (κ1) is 28.6. The van der Waals surface area contributed by atoms with Crippen LogP contribution < -0.4 is 0 Å². The number of rotatable bonds is 10. The van der Waals surface area contributed by atoms with E-state index in [4.69, 9.17) is 4.43 Å². The highest BCUT2D eigenvalue weighted by atomic mass is 32.2. The number of fused-ring (bicyclic) bond motifs is 2. The van der Waals surface area contributed by atoms with Gasteiger partial charge in [-0.05, 0) is 52.4 Å². The maximum Gasteiger partial charge on any atom is 0.197 e. The molecule has 1 atom stereocenters. The number of hydrogen-bond acceptors (Lipinski definition) is 4. The van der Waals surface area contributed by atoms with Crippen LogP contribution in [-0.4, -0.2) is 36.3 Å². The molecule has 0 bridgehead atoms. The minimum atomic E-state index is -0.731. The monoisotopic (exact) mass is 597 g/mol. The number of carbonyl (C=O) groups is 1. The summed E-state index contributed by atoms with van der Waals surface area (Å²) in [5.74, 6) is 1.11. The van der Waals surface area contributed by atoms with Crippen LogP contribution in [-0.2, 0) is 16.7 Å². The van der Waals surface area contributed by atoms with Crippen LogP contribution in [0.15, 0.2) is 85.5 Å². The van der Waals surface area contributed by atoms with Gasteiger partial charge in [-0.25, -0.2) is 4.39 Å². The van der Waals surface area contributed by atoms with Crippen molar-refractivity contribution in [3.63, 3.8) is 0 Å². The van der Waals surface area contributed by atoms with Crippen molar-refractivity contribution in [1.82, 2.24) is 14.1 Å². The average molecular weight is 598 g/mol. The second-order valence-corrected chi connectivity index (χ2v) is 15.6. The zero-order valence-corrected chi connectivity index (χ0v) is 26.7. The molecule has 0 amide bonds. The molecule has 1 aliphatic heterocycles. The van der Waals surface area contributed by atoms with Gasteiger partial charge in [0.1, 0.15) is 11.2 Å². The largest absolute Gasteiger partial charge is 0.422 e. The van der Waals surface area contributed by atoms with E-state index < -0.39 is 9.76 Å². The van der Waals surface area contributed by atoms with Crippen LogP contribution in [0.4, 0.5) is 4.39 Å². The van der Waals surface area contributed by atoms with Crippen molar-refractivity contribution in [3.8, 4) is 11.1 Å². The minimum Gasteiger partial charge on any atom is -0.422 e. The molecule has 5 nitrogen and oxygen atoms in total. The van der Waals surface area contributed by atoms with Crippen LogP contribution in [0.3, 0.4) is 0 Å². The Balaban J connectivity index is 1.33. The van der Waals surface area contributed by atoms with E-state index in [1.54, 1.807) is 18.3 Å². The van der Waals surface area contributed by atoms with Gasteiger partial charge in [-0.15, -0.1) is 11.8 Å². The average Bonchev–Trinajstić information content (AvgIpc) is 3.69. The number of aromatic nitrogens is 3. The first-order valence-electron chi connectivity index (χ1n) is 14.5. The van der Waals surface area contributed by atoms with Gasteiger partial charge in [0.15, 0.2) is 15.5 Å². The van der Waals surface area contributed by atoms with E-state index in [-0.39, 0.29) is 22.0 Å². The summed E-state index contributed by atoms with van der Waals surface area (Å²) in [7, 11) is -0.731. The third kappa shape index (κ3) is 5.51. The molecule has 0 aliphatic carbocycles. The molecule has 8 heteroatoms. The van der Waals surface area contributed by atoms with E-state index in [1.807, 2.05) is 54.6 Å². The summed E-state index contributed by atoms with van der Waals surface area (Å²) in [6.45, 7) is 10.3. The highest BCUT2D eigenvalue weighted by molar-refractivity contribution is 7.99. The third-order valence-corrected chi connectivity index (χ3v) is 12.0. The molecule has 4 heterocycles. The highest BCUT2D eigenvalue weighted by Crippen LogP contribution is 2.42. The van der Waals surface area contributed by atoms with Gasteiger partial charge in [0.05, 0.1) is 6.61 Å². The maximum absolute atomic E-state index is 14.2. The molecule has 42 heavy (non-hydrogen) atoms. The summed E-state index contributed by atoms with van der Waals surface area (Å²) in [6, 6.07) is 18.7. The van der Waals surface area contributed by atoms with E-state index in [1.165, 1.54) is 12.1 Å². The highest BCUT2D eigenvalue weighted by Gasteiger charge is 2.30. The van der Waals surface area contributed by atoms with Crippen LogP contribution in [0.2, 0.25) is 5.04 Å². The third-order valence-electron chi connectivity index (χ3n) is 8.69. The molecule has 0 radical (unpaired) electrons. The Hall–Kier alpha value is -3.46. The van der Waals surface area contributed by atoms with Crippen LogP contribution in [0.25, 0.3) is 22.0 Å². The molecule has 0 saturated carbocycles. The molecule has 1 aliphatic rings. The first-order chi connectivity index (χ1) is 20.2. The van der Waals surface area contributed by atoms with Crippen molar-refractivity contribution in [3.05, 3.63) is 114 Å². The zero-order chi connectivity index (χ0) is 29.4. The summed E-state index contributed by atoms with van der Waals surface area (Å²) in [4.78, 5) is 18.4. The fourth-order valence-corrected chi connectivity index (χ4v) is 7.81. The van der Waals surface area contributed by atoms with Crippen molar-refractivity contribution in [1.29, 1.82) is 0 Å². The molecule has 3 aromatic heterocycles. The van der Waals surface area contributed by atoms with Crippen LogP contribution in [0.5, 0.6) is 0 Å². The van der Waals surface area contributed by atoms with E-state index in [9.17, 15) is 9.18 Å². The van der Waals surface area contributed by atoms with Crippen molar-refractivity contribution in [2.75, 3.05) is 6.61 Å². The Labute approximate surface area is 253 Å². The van der Waals surface area contributed by atoms with Crippen molar-refractivity contribution < 1.29 is 13.6 Å². The molecular weight excluding hydrogens is 562 g/mol. The summed E-state index contributed by atoms with van der Waals surface area (Å²) in [6.07, 6.45) is 7.70. The lowest BCUT2D eigenvalue weighted by molar-refractivity contribution is 0.103. The molecule has 0 N–H and O–H groups in total. The summed E-state index contributed by atoms with van der Waals surface area (Å²) >= 11 is 1.81. The lowest BCUT2D eigenvalue weighted by atomic mass is 9.99. The SMILES string of the molecule is CC(C)C(C)(C)[SiH2]OCCn1cc(C(=O)c2ccn3c2CSC3c2cccnc2)c2ccc(-c3ccc(F)cc3)cc21. The van der Waals surface area contributed by atoms with Crippen molar-refractivity contribution in [2.45, 2.75) is 50.4 Å². The van der Waals surface area contributed by atoms with Gasteiger partial charge in [0, 0.05) is 70.4 Å². The Bertz CT molecular complexity index is 1730. The molecule has 0 spiro atoms. The van der Waals surface area contributed by atoms with Crippen LogP contribution in [0.1, 0.15) is 60.2 Å². The van der Waals surface area contributed by atoms with Gasteiger partial charge in [0.25, 0.3) is 0 Å². The summed E-state index contributed by atoms with van der Waals surface area (Å²) < 4.78 is 24.2. The molecule has 0 saturated heterocycles. The van der Waals surface area contributed by atoms with Gasteiger partial charge in [0.2, 0.25) is 0 Å². The predicted octanol–water partition coefficient (Wildman–Crippen LogP) is 7.62. The Kier molecular flexibility index (Phi) is 7.96.